The topological polar surface area (TPSA) is 65.6 Å². The van der Waals surface area contributed by atoms with Gasteiger partial charge in [0.15, 0.2) is 11.3 Å². The quantitative estimate of drug-likeness (QED) is 0.455. The molecule has 0 spiro atoms. The molecule has 0 N–H and O–H groups in total. The first kappa shape index (κ1) is 18.3. The van der Waals surface area contributed by atoms with Crippen LogP contribution in [0.3, 0.4) is 0 Å². The van der Waals surface area contributed by atoms with Crippen LogP contribution in [0.25, 0.3) is 33.2 Å². The van der Waals surface area contributed by atoms with Crippen molar-refractivity contribution >= 4 is 33.2 Å². The summed E-state index contributed by atoms with van der Waals surface area (Å²) < 4.78 is 4.04. The molecule has 1 fully saturated rings. The van der Waals surface area contributed by atoms with Gasteiger partial charge in [0.1, 0.15) is 16.7 Å². The molecular weight excluding hydrogens is 362 g/mol. The average Bonchev–Trinajstić information content (AvgIpc) is 3.34. The largest absolute Gasteiger partial charge is 0.308 e. The third kappa shape index (κ3) is 2.93. The fourth-order valence-corrected chi connectivity index (χ4v) is 4.80. The van der Waals surface area contributed by atoms with E-state index in [1.165, 1.54) is 12.8 Å². The molecule has 0 saturated heterocycles. The number of rotatable bonds is 5. The van der Waals surface area contributed by atoms with E-state index in [0.29, 0.717) is 10.9 Å². The molecule has 1 saturated carbocycles. The minimum absolute atomic E-state index is 0.0447. The van der Waals surface area contributed by atoms with Crippen LogP contribution in [0.2, 0.25) is 0 Å². The minimum Gasteiger partial charge on any atom is -0.308 e. The number of hydrogen-bond acceptors (Lipinski definition) is 4. The molecule has 29 heavy (non-hydrogen) atoms. The van der Waals surface area contributed by atoms with E-state index in [2.05, 4.69) is 11.5 Å². The molecule has 4 aromatic rings. The van der Waals surface area contributed by atoms with Gasteiger partial charge in [-0.3, -0.25) is 9.36 Å². The van der Waals surface area contributed by atoms with Crippen LogP contribution in [0.15, 0.2) is 29.1 Å². The van der Waals surface area contributed by atoms with Crippen LogP contribution in [-0.4, -0.2) is 24.1 Å². The zero-order chi connectivity index (χ0) is 20.0. The zero-order valence-corrected chi connectivity index (χ0v) is 17.2. The summed E-state index contributed by atoms with van der Waals surface area (Å²) in [7, 11) is 0. The molecule has 3 heterocycles. The lowest BCUT2D eigenvalue weighted by molar-refractivity contribution is 0.485. The van der Waals surface area contributed by atoms with Crippen LogP contribution in [-0.2, 0) is 6.54 Å². The molecule has 5 rings (SSSR count). The van der Waals surface area contributed by atoms with Gasteiger partial charge in [0.05, 0.1) is 11.0 Å². The van der Waals surface area contributed by atoms with Crippen molar-refractivity contribution in [3.63, 3.8) is 0 Å². The van der Waals surface area contributed by atoms with Crippen molar-refractivity contribution in [3.8, 4) is 0 Å². The fourth-order valence-electron chi connectivity index (χ4n) is 4.80. The summed E-state index contributed by atoms with van der Waals surface area (Å²) in [5.41, 5.74) is 3.93. The Morgan fingerprint density at radius 2 is 1.72 bits per heavy atom. The van der Waals surface area contributed by atoms with E-state index in [-0.39, 0.29) is 11.6 Å². The van der Waals surface area contributed by atoms with Gasteiger partial charge in [0.25, 0.3) is 5.56 Å². The summed E-state index contributed by atoms with van der Waals surface area (Å²) in [6.07, 6.45) is 7.79. The molecule has 6 heteroatoms. The molecular formula is C23H27N5O. The Labute approximate surface area is 169 Å². The lowest BCUT2D eigenvalue weighted by Crippen LogP contribution is -2.27. The minimum atomic E-state index is 0.0447. The normalized spacial score (nSPS) is 15.2. The van der Waals surface area contributed by atoms with Crippen LogP contribution < -0.4 is 5.56 Å². The van der Waals surface area contributed by atoms with Crippen LogP contribution in [0, 0.1) is 6.92 Å². The summed E-state index contributed by atoms with van der Waals surface area (Å²) in [5.74, 6) is 0.804. The third-order valence-electron chi connectivity index (χ3n) is 6.25. The number of nitrogens with zero attached hydrogens (tertiary/aromatic N) is 5. The summed E-state index contributed by atoms with van der Waals surface area (Å²) in [4.78, 5) is 28.4. The molecule has 1 aliphatic rings. The Morgan fingerprint density at radius 1 is 1.00 bits per heavy atom. The van der Waals surface area contributed by atoms with Gasteiger partial charge in [-0.1, -0.05) is 44.7 Å². The van der Waals surface area contributed by atoms with E-state index in [4.69, 9.17) is 15.0 Å². The van der Waals surface area contributed by atoms with E-state index in [1.807, 2.05) is 35.8 Å². The highest BCUT2D eigenvalue weighted by Gasteiger charge is 2.25. The maximum absolute atomic E-state index is 13.7. The van der Waals surface area contributed by atoms with Gasteiger partial charge in [-0.2, -0.15) is 0 Å². The predicted molar refractivity (Wildman–Crippen MR) is 116 cm³/mol. The maximum Gasteiger partial charge on any atom is 0.265 e. The fraction of sp³-hybridized carbons (Fsp3) is 0.478. The van der Waals surface area contributed by atoms with Crippen molar-refractivity contribution in [3.05, 3.63) is 40.4 Å². The molecule has 3 aromatic heterocycles. The van der Waals surface area contributed by atoms with Crippen LogP contribution in [0.4, 0.5) is 0 Å². The van der Waals surface area contributed by atoms with Crippen molar-refractivity contribution in [2.24, 2.45) is 0 Å². The first-order valence-corrected chi connectivity index (χ1v) is 10.9. The number of para-hydroxylation sites is 2. The molecule has 6 nitrogen and oxygen atoms in total. The molecule has 0 atom stereocenters. The van der Waals surface area contributed by atoms with Gasteiger partial charge in [-0.15, -0.1) is 0 Å². The zero-order valence-electron chi connectivity index (χ0n) is 17.2. The highest BCUT2D eigenvalue weighted by atomic mass is 16.1. The Bertz CT molecular complexity index is 1260. The van der Waals surface area contributed by atoms with Crippen molar-refractivity contribution in [1.29, 1.82) is 0 Å². The summed E-state index contributed by atoms with van der Waals surface area (Å²) >= 11 is 0. The molecule has 0 amide bonds. The first-order chi connectivity index (χ1) is 14.2. The average molecular weight is 390 g/mol. The number of unbranched alkanes of at least 4 members (excludes halogenated alkanes) is 2. The van der Waals surface area contributed by atoms with Crippen LogP contribution in [0.1, 0.15) is 63.7 Å². The van der Waals surface area contributed by atoms with Crippen LogP contribution in [0.5, 0.6) is 0 Å². The lowest BCUT2D eigenvalue weighted by atomic mass is 10.2. The van der Waals surface area contributed by atoms with Crippen molar-refractivity contribution in [2.45, 2.75) is 71.4 Å². The van der Waals surface area contributed by atoms with Crippen molar-refractivity contribution in [2.75, 3.05) is 0 Å². The second-order valence-electron chi connectivity index (χ2n) is 8.21. The molecule has 0 aliphatic heterocycles. The second kappa shape index (κ2) is 7.25. The second-order valence-corrected chi connectivity index (χ2v) is 8.21. The van der Waals surface area contributed by atoms with Gasteiger partial charge in [-0.05, 0) is 38.3 Å². The van der Waals surface area contributed by atoms with E-state index in [9.17, 15) is 4.79 Å². The molecule has 1 aliphatic carbocycles. The number of hydrogen-bond donors (Lipinski definition) is 0. The van der Waals surface area contributed by atoms with E-state index in [1.54, 1.807) is 0 Å². The Kier molecular flexibility index (Phi) is 4.57. The number of fused-ring (bicyclic) bond motifs is 4. The number of aromatic nitrogens is 5. The number of aryl methyl sites for hydroxylation is 2. The van der Waals surface area contributed by atoms with Gasteiger partial charge in [0.2, 0.25) is 0 Å². The highest BCUT2D eigenvalue weighted by molar-refractivity contribution is 6.04. The van der Waals surface area contributed by atoms with Gasteiger partial charge in [0, 0.05) is 12.6 Å². The van der Waals surface area contributed by atoms with E-state index in [0.717, 1.165) is 66.8 Å². The summed E-state index contributed by atoms with van der Waals surface area (Å²) in [6.45, 7) is 4.96. The monoisotopic (exact) mass is 389 g/mol. The van der Waals surface area contributed by atoms with Crippen LogP contribution >= 0.6 is 0 Å². The van der Waals surface area contributed by atoms with Crippen molar-refractivity contribution < 1.29 is 0 Å². The van der Waals surface area contributed by atoms with E-state index >= 15 is 0 Å². The third-order valence-corrected chi connectivity index (χ3v) is 6.25. The van der Waals surface area contributed by atoms with Gasteiger partial charge < -0.3 is 4.57 Å². The summed E-state index contributed by atoms with van der Waals surface area (Å²) in [6, 6.07) is 8.13. The molecule has 150 valence electrons. The van der Waals surface area contributed by atoms with Crippen molar-refractivity contribution in [1.82, 2.24) is 24.1 Å². The lowest BCUT2D eigenvalue weighted by Gasteiger charge is -2.16. The Balaban J connectivity index is 1.84. The standard InChI is InChI=1S/C23H27N5O/c1-3-4-9-14-27-21-19(20-22(27)26-18-13-8-7-12-17(18)25-20)23(29)28(15(2)24-21)16-10-5-6-11-16/h7-8,12-13,16H,3-6,9-11,14H2,1-2H3. The predicted octanol–water partition coefficient (Wildman–Crippen LogP) is 4.91. The maximum atomic E-state index is 13.7. The highest BCUT2D eigenvalue weighted by Crippen LogP contribution is 2.31. The smallest absolute Gasteiger partial charge is 0.265 e. The Morgan fingerprint density at radius 3 is 2.45 bits per heavy atom. The molecule has 0 radical (unpaired) electrons. The first-order valence-electron chi connectivity index (χ1n) is 10.9. The summed E-state index contributed by atoms with van der Waals surface area (Å²) in [5, 5.41) is 0.632. The van der Waals surface area contributed by atoms with E-state index < -0.39 is 0 Å². The van der Waals surface area contributed by atoms with Gasteiger partial charge in [-0.25, -0.2) is 15.0 Å². The molecule has 0 bridgehead atoms. The number of benzene rings is 1. The Hall–Kier alpha value is -2.76. The molecule has 1 aromatic carbocycles. The van der Waals surface area contributed by atoms with Gasteiger partial charge >= 0.3 is 0 Å². The SMILES string of the molecule is CCCCCn1c2nc3ccccc3nc2c2c(=O)n(C3CCCC3)c(C)nc21. The molecule has 0 unspecified atom stereocenters.